The predicted molar refractivity (Wildman–Crippen MR) is 186 cm³/mol. The van der Waals surface area contributed by atoms with Crippen molar-refractivity contribution in [2.45, 2.75) is 52.9 Å². The molecule has 234 valence electrons. The second kappa shape index (κ2) is 11.5. The summed E-state index contributed by atoms with van der Waals surface area (Å²) in [4.78, 5) is 4.78. The summed E-state index contributed by atoms with van der Waals surface area (Å²) in [6.45, 7) is 12.1. The summed E-state index contributed by atoms with van der Waals surface area (Å²) in [6.07, 6.45) is 0.644. The molecule has 0 bridgehead atoms. The molecule has 1 aliphatic carbocycles. The lowest BCUT2D eigenvalue weighted by Gasteiger charge is -2.18. The van der Waals surface area contributed by atoms with Crippen LogP contribution in [-0.2, 0) is 16.5 Å². The largest absolute Gasteiger partial charge is 0.456 e. The molecule has 0 spiro atoms. The maximum absolute atomic E-state index is 12.5. The lowest BCUT2D eigenvalue weighted by molar-refractivity contribution is 0.483. The number of nitrogens with zero attached hydrogens (tertiary/aromatic N) is 1. The van der Waals surface area contributed by atoms with Crippen LogP contribution in [0.15, 0.2) is 87.1 Å². The Labute approximate surface area is 269 Å². The van der Waals surface area contributed by atoms with Crippen LogP contribution in [0.4, 0.5) is 17.1 Å². The van der Waals surface area contributed by atoms with Gasteiger partial charge in [-0.15, -0.1) is 0 Å². The Morgan fingerprint density at radius 2 is 1.41 bits per heavy atom. The highest BCUT2D eigenvalue weighted by atomic mass is 32.2. The van der Waals surface area contributed by atoms with E-state index < -0.39 is 10.1 Å². The van der Waals surface area contributed by atoms with Gasteiger partial charge in [0.1, 0.15) is 16.2 Å². The van der Waals surface area contributed by atoms with Gasteiger partial charge in [0, 0.05) is 39.5 Å². The quantitative estimate of drug-likeness (QED) is 0.0996. The fourth-order valence-corrected chi connectivity index (χ4v) is 7.20. The van der Waals surface area contributed by atoms with Crippen LogP contribution in [0.25, 0.3) is 33.4 Å². The molecule has 5 N–H and O–H groups in total. The molecule has 7 nitrogen and oxygen atoms in total. The molecule has 0 saturated carbocycles. The van der Waals surface area contributed by atoms with Crippen molar-refractivity contribution < 1.29 is 17.4 Å². The number of aryl methyl sites for hydroxylation is 4. The zero-order valence-electron chi connectivity index (χ0n) is 26.8. The first-order chi connectivity index (χ1) is 21.7. The first-order valence-electron chi connectivity index (χ1n) is 15.1. The standard InChI is InChI=1S/C38H37N3O4S/c1-20-15-21(2)36(39)24(5)31(20)17-26-11-13-28-32(18-26)45-33-19-27(41-38-23(4)16-22(3)37(40)25(38)6)12-14-29(33)35(28)30-9-7-8-10-34(30)46(42,43)44/h7-16,18-19H,17,39-40H2,1-6H3,(H,42,43,44). The Balaban J connectivity index is 1.63. The third-order valence-corrected chi connectivity index (χ3v) is 9.92. The van der Waals surface area contributed by atoms with Gasteiger partial charge < -0.3 is 15.9 Å². The first kappa shape index (κ1) is 31.1. The fraction of sp³-hybridized carbons (Fsp3) is 0.184. The van der Waals surface area contributed by atoms with E-state index >= 15 is 0 Å². The number of nitrogens with two attached hydrogens (primary N) is 2. The number of nitrogen functional groups attached to an aromatic ring is 2. The number of hydrogen-bond donors (Lipinski definition) is 3. The molecule has 4 aromatic rings. The summed E-state index contributed by atoms with van der Waals surface area (Å²) in [6, 6.07) is 22.2. The second-order valence-corrected chi connectivity index (χ2v) is 13.6. The van der Waals surface area contributed by atoms with Crippen molar-refractivity contribution in [3.05, 3.63) is 123 Å². The molecular weight excluding hydrogens is 595 g/mol. The molecule has 0 fully saturated rings. The van der Waals surface area contributed by atoms with Gasteiger partial charge in [-0.1, -0.05) is 42.5 Å². The smallest absolute Gasteiger partial charge is 0.295 e. The average molecular weight is 632 g/mol. The molecule has 1 heterocycles. The maximum Gasteiger partial charge on any atom is 0.295 e. The normalized spacial score (nSPS) is 12.4. The topological polar surface area (TPSA) is 132 Å². The number of rotatable bonds is 5. The predicted octanol–water partition coefficient (Wildman–Crippen LogP) is 8.29. The van der Waals surface area contributed by atoms with Crippen molar-refractivity contribution in [1.82, 2.24) is 0 Å². The van der Waals surface area contributed by atoms with E-state index in [-0.39, 0.29) is 4.90 Å². The Kier molecular flexibility index (Phi) is 7.74. The summed E-state index contributed by atoms with van der Waals surface area (Å²) in [5.74, 6) is 0.522. The molecule has 0 unspecified atom stereocenters. The number of fused-ring (bicyclic) bond motifs is 2. The van der Waals surface area contributed by atoms with Crippen LogP contribution in [0.1, 0.15) is 44.5 Å². The van der Waals surface area contributed by atoms with Crippen molar-refractivity contribution in [2.75, 3.05) is 11.5 Å². The summed E-state index contributed by atoms with van der Waals surface area (Å²) in [5, 5.41) is 1.38. The highest BCUT2D eigenvalue weighted by Gasteiger charge is 2.24. The zero-order chi connectivity index (χ0) is 33.1. The van der Waals surface area contributed by atoms with Crippen LogP contribution in [0, 0.1) is 41.5 Å². The molecule has 0 radical (unpaired) electrons. The van der Waals surface area contributed by atoms with Crippen LogP contribution in [-0.4, -0.2) is 13.0 Å². The minimum Gasteiger partial charge on any atom is -0.456 e. The summed E-state index contributed by atoms with van der Waals surface area (Å²) in [5.41, 5.74) is 25.7. The van der Waals surface area contributed by atoms with Crippen LogP contribution < -0.4 is 16.8 Å². The molecule has 0 saturated heterocycles. The van der Waals surface area contributed by atoms with Crippen molar-refractivity contribution in [2.24, 2.45) is 4.99 Å². The van der Waals surface area contributed by atoms with Gasteiger partial charge in [0.25, 0.3) is 10.1 Å². The summed E-state index contributed by atoms with van der Waals surface area (Å²) in [7, 11) is -4.52. The molecule has 8 heteroatoms. The Bertz CT molecular complexity index is 2350. The minimum atomic E-state index is -4.52. The van der Waals surface area contributed by atoms with E-state index in [1.54, 1.807) is 18.2 Å². The monoisotopic (exact) mass is 631 g/mol. The molecule has 0 aromatic heterocycles. The second-order valence-electron chi connectivity index (χ2n) is 12.2. The van der Waals surface area contributed by atoms with Gasteiger partial charge in [-0.25, -0.2) is 4.99 Å². The molecule has 2 aliphatic rings. The number of hydrogen-bond acceptors (Lipinski definition) is 6. The van der Waals surface area contributed by atoms with Gasteiger partial charge in [0.15, 0.2) is 0 Å². The third kappa shape index (κ3) is 5.44. The van der Waals surface area contributed by atoms with Crippen LogP contribution in [0.2, 0.25) is 0 Å². The van der Waals surface area contributed by atoms with Crippen molar-refractivity contribution >= 4 is 38.1 Å². The minimum absolute atomic E-state index is 0.176. The molecule has 1 aliphatic heterocycles. The fourth-order valence-electron chi connectivity index (χ4n) is 6.50. The van der Waals surface area contributed by atoms with Gasteiger partial charge in [-0.2, -0.15) is 8.42 Å². The molecule has 0 atom stereocenters. The highest BCUT2D eigenvalue weighted by Crippen LogP contribution is 2.42. The van der Waals surface area contributed by atoms with Gasteiger partial charge in [-0.05, 0) is 117 Å². The molecular formula is C38H37N3O4S. The van der Waals surface area contributed by atoms with E-state index in [1.165, 1.54) is 6.07 Å². The summed E-state index contributed by atoms with van der Waals surface area (Å²) >= 11 is 0. The maximum atomic E-state index is 12.5. The Hall–Kier alpha value is -4.92. The van der Waals surface area contributed by atoms with Gasteiger partial charge in [0.05, 0.1) is 11.0 Å². The van der Waals surface area contributed by atoms with Gasteiger partial charge in [-0.3, -0.25) is 4.55 Å². The molecule has 0 amide bonds. The van der Waals surface area contributed by atoms with Crippen LogP contribution in [0.3, 0.4) is 0 Å². The SMILES string of the molecule is Cc1cc(C)c(Cc2ccc3c(-c4ccccc4S(=O)(=O)O)c4ccc(=Nc5c(C)cc(C)c(N)c5C)cc-4oc3c2)c(C)c1N. The molecule has 6 rings (SSSR count). The number of anilines is 2. The van der Waals surface area contributed by atoms with E-state index in [9.17, 15) is 13.0 Å². The third-order valence-electron chi connectivity index (χ3n) is 9.01. The van der Waals surface area contributed by atoms with Crippen molar-refractivity contribution in [3.63, 3.8) is 0 Å². The molecule has 46 heavy (non-hydrogen) atoms. The lowest BCUT2D eigenvalue weighted by atomic mass is 9.90. The van der Waals surface area contributed by atoms with Gasteiger partial charge in [0.2, 0.25) is 0 Å². The van der Waals surface area contributed by atoms with Crippen molar-refractivity contribution in [3.8, 4) is 22.5 Å². The van der Waals surface area contributed by atoms with Crippen LogP contribution >= 0.6 is 0 Å². The van der Waals surface area contributed by atoms with Crippen molar-refractivity contribution in [1.29, 1.82) is 0 Å². The van der Waals surface area contributed by atoms with Crippen LogP contribution in [0.5, 0.6) is 0 Å². The number of benzene rings is 5. The van der Waals surface area contributed by atoms with E-state index in [2.05, 4.69) is 13.0 Å². The first-order valence-corrected chi connectivity index (χ1v) is 16.5. The van der Waals surface area contributed by atoms with Gasteiger partial charge >= 0.3 is 0 Å². The zero-order valence-corrected chi connectivity index (χ0v) is 27.6. The highest BCUT2D eigenvalue weighted by molar-refractivity contribution is 7.86. The van der Waals surface area contributed by atoms with E-state index in [1.807, 2.05) is 77.1 Å². The Morgan fingerprint density at radius 1 is 0.739 bits per heavy atom. The van der Waals surface area contributed by atoms with E-state index in [0.29, 0.717) is 50.9 Å². The van der Waals surface area contributed by atoms with E-state index in [4.69, 9.17) is 20.9 Å². The Morgan fingerprint density at radius 3 is 2.13 bits per heavy atom. The lowest BCUT2D eigenvalue weighted by Crippen LogP contribution is -2.06. The summed E-state index contributed by atoms with van der Waals surface area (Å²) < 4.78 is 41.9. The molecule has 4 aromatic carbocycles. The average Bonchev–Trinajstić information content (AvgIpc) is 3.01. The van der Waals surface area contributed by atoms with E-state index in [0.717, 1.165) is 55.9 Å².